The summed E-state index contributed by atoms with van der Waals surface area (Å²) in [6.45, 7) is 0.633. The van der Waals surface area contributed by atoms with E-state index in [2.05, 4.69) is 0 Å². The Labute approximate surface area is 118 Å². The van der Waals surface area contributed by atoms with Gasteiger partial charge in [-0.1, -0.05) is 60.7 Å². The van der Waals surface area contributed by atoms with Crippen molar-refractivity contribution < 1.29 is 9.63 Å². The van der Waals surface area contributed by atoms with Crippen molar-refractivity contribution in [3.8, 4) is 0 Å². The van der Waals surface area contributed by atoms with Crippen LogP contribution in [0.1, 0.15) is 23.7 Å². The van der Waals surface area contributed by atoms with E-state index in [0.717, 1.165) is 17.4 Å². The molecule has 1 heterocycles. The van der Waals surface area contributed by atoms with Gasteiger partial charge in [0, 0.05) is 13.0 Å². The second kappa shape index (κ2) is 5.99. The zero-order chi connectivity index (χ0) is 13.8. The quantitative estimate of drug-likeness (QED) is 0.797. The minimum Gasteiger partial charge on any atom is -0.302 e. The first kappa shape index (κ1) is 13.0. The molecule has 102 valence electrons. The molecule has 3 nitrogen and oxygen atoms in total. The van der Waals surface area contributed by atoms with Gasteiger partial charge >= 0.3 is 0 Å². The summed E-state index contributed by atoms with van der Waals surface area (Å²) in [5.74, 6) is 0. The first-order chi connectivity index (χ1) is 9.86. The van der Waals surface area contributed by atoms with Crippen molar-refractivity contribution in [2.45, 2.75) is 25.1 Å². The van der Waals surface area contributed by atoms with Crippen molar-refractivity contribution in [2.75, 3.05) is 0 Å². The van der Waals surface area contributed by atoms with Crippen LogP contribution in [0.25, 0.3) is 0 Å². The molecule has 0 unspecified atom stereocenters. The highest BCUT2D eigenvalue weighted by molar-refractivity contribution is 5.58. The second-order valence-corrected chi connectivity index (χ2v) is 5.00. The Balaban J connectivity index is 1.73. The lowest BCUT2D eigenvalue weighted by atomic mass is 10.0. The molecular formula is C17H17NO2. The van der Waals surface area contributed by atoms with Crippen LogP contribution >= 0.6 is 0 Å². The van der Waals surface area contributed by atoms with Gasteiger partial charge in [0.25, 0.3) is 0 Å². The molecule has 1 aliphatic heterocycles. The lowest BCUT2D eigenvalue weighted by Crippen LogP contribution is -2.28. The molecule has 2 atom stereocenters. The van der Waals surface area contributed by atoms with E-state index in [1.54, 1.807) is 5.06 Å². The summed E-state index contributed by atoms with van der Waals surface area (Å²) in [5, 5.41) is 1.79. The number of carbonyl (C=O) groups is 1. The lowest BCUT2D eigenvalue weighted by molar-refractivity contribution is -0.171. The number of nitrogens with zero attached hydrogens (tertiary/aromatic N) is 1. The Hall–Kier alpha value is -1.97. The maximum atomic E-state index is 11.3. The third-order valence-electron chi connectivity index (χ3n) is 3.60. The van der Waals surface area contributed by atoms with Crippen molar-refractivity contribution in [1.82, 2.24) is 5.06 Å². The van der Waals surface area contributed by atoms with Gasteiger partial charge in [-0.3, -0.25) is 4.84 Å². The van der Waals surface area contributed by atoms with Crippen LogP contribution in [0.2, 0.25) is 0 Å². The average molecular weight is 267 g/mol. The van der Waals surface area contributed by atoms with Crippen LogP contribution in [0.15, 0.2) is 60.7 Å². The van der Waals surface area contributed by atoms with Crippen LogP contribution in [0, 0.1) is 0 Å². The van der Waals surface area contributed by atoms with Crippen molar-refractivity contribution in [3.05, 3.63) is 71.8 Å². The maximum absolute atomic E-state index is 11.3. The summed E-state index contributed by atoms with van der Waals surface area (Å²) in [4.78, 5) is 17.2. The first-order valence-electron chi connectivity index (χ1n) is 6.84. The Morgan fingerprint density at radius 2 is 1.70 bits per heavy atom. The molecule has 0 saturated carbocycles. The first-order valence-corrected chi connectivity index (χ1v) is 6.84. The van der Waals surface area contributed by atoms with Crippen molar-refractivity contribution in [3.63, 3.8) is 0 Å². The highest BCUT2D eigenvalue weighted by Crippen LogP contribution is 2.33. The van der Waals surface area contributed by atoms with E-state index >= 15 is 0 Å². The number of hydroxylamine groups is 2. The zero-order valence-corrected chi connectivity index (χ0v) is 11.2. The SMILES string of the molecule is O=C[C@@H]1C[C@H](c2ccccc2)ON1Cc1ccccc1. The molecule has 0 aliphatic carbocycles. The number of carbonyl (C=O) groups excluding carboxylic acids is 1. The van der Waals surface area contributed by atoms with Crippen LogP contribution in [0.4, 0.5) is 0 Å². The van der Waals surface area contributed by atoms with Gasteiger partial charge in [-0.15, -0.1) is 0 Å². The monoisotopic (exact) mass is 267 g/mol. The van der Waals surface area contributed by atoms with Crippen molar-refractivity contribution >= 4 is 6.29 Å². The van der Waals surface area contributed by atoms with Crippen LogP contribution in [-0.2, 0) is 16.2 Å². The lowest BCUT2D eigenvalue weighted by Gasteiger charge is -2.19. The molecule has 0 aromatic heterocycles. The fourth-order valence-electron chi connectivity index (χ4n) is 2.53. The molecule has 3 rings (SSSR count). The van der Waals surface area contributed by atoms with Gasteiger partial charge in [-0.2, -0.15) is 5.06 Å². The van der Waals surface area contributed by atoms with Gasteiger partial charge in [0.05, 0.1) is 6.04 Å². The number of benzene rings is 2. The summed E-state index contributed by atoms with van der Waals surface area (Å²) >= 11 is 0. The topological polar surface area (TPSA) is 29.5 Å². The third kappa shape index (κ3) is 2.79. The van der Waals surface area contributed by atoms with E-state index in [1.807, 2.05) is 60.7 Å². The molecular weight excluding hydrogens is 250 g/mol. The molecule has 0 N–H and O–H groups in total. The standard InChI is InChI=1S/C17H17NO2/c19-13-16-11-17(15-9-5-2-6-10-15)20-18(16)12-14-7-3-1-4-8-14/h1-10,13,16-17H,11-12H2/t16-,17+/m0/s1. The Kier molecular flexibility index (Phi) is 3.90. The van der Waals surface area contributed by atoms with Crippen LogP contribution in [0.5, 0.6) is 0 Å². The average Bonchev–Trinajstić information content (AvgIpc) is 2.92. The molecule has 0 amide bonds. The second-order valence-electron chi connectivity index (χ2n) is 5.00. The predicted molar refractivity (Wildman–Crippen MR) is 76.7 cm³/mol. The van der Waals surface area contributed by atoms with E-state index in [4.69, 9.17) is 4.84 Å². The highest BCUT2D eigenvalue weighted by atomic mass is 16.7. The summed E-state index contributed by atoms with van der Waals surface area (Å²) < 4.78 is 0. The summed E-state index contributed by atoms with van der Waals surface area (Å²) in [7, 11) is 0. The maximum Gasteiger partial charge on any atom is 0.139 e. The Bertz CT molecular complexity index is 556. The van der Waals surface area contributed by atoms with Gasteiger partial charge in [-0.25, -0.2) is 0 Å². The molecule has 20 heavy (non-hydrogen) atoms. The van der Waals surface area contributed by atoms with Crippen LogP contribution in [-0.4, -0.2) is 17.4 Å². The minimum atomic E-state index is -0.180. The largest absolute Gasteiger partial charge is 0.302 e. The molecule has 0 radical (unpaired) electrons. The number of hydrogen-bond acceptors (Lipinski definition) is 3. The van der Waals surface area contributed by atoms with Gasteiger partial charge in [-0.05, 0) is 11.1 Å². The molecule has 0 bridgehead atoms. The molecule has 3 heteroatoms. The summed E-state index contributed by atoms with van der Waals surface area (Å²) in [6, 6.07) is 19.9. The summed E-state index contributed by atoms with van der Waals surface area (Å²) in [5.41, 5.74) is 2.27. The van der Waals surface area contributed by atoms with Crippen LogP contribution < -0.4 is 0 Å². The van der Waals surface area contributed by atoms with Gasteiger partial charge in [0.1, 0.15) is 12.4 Å². The number of rotatable bonds is 4. The van der Waals surface area contributed by atoms with Gasteiger partial charge in [0.2, 0.25) is 0 Å². The van der Waals surface area contributed by atoms with E-state index in [1.165, 1.54) is 0 Å². The normalized spacial score (nSPS) is 22.8. The fourth-order valence-corrected chi connectivity index (χ4v) is 2.53. The van der Waals surface area contributed by atoms with E-state index in [9.17, 15) is 4.79 Å². The van der Waals surface area contributed by atoms with E-state index in [-0.39, 0.29) is 12.1 Å². The fraction of sp³-hybridized carbons (Fsp3) is 0.235. The summed E-state index contributed by atoms with van der Waals surface area (Å²) in [6.07, 6.45) is 1.65. The number of aldehydes is 1. The highest BCUT2D eigenvalue weighted by Gasteiger charge is 2.33. The Morgan fingerprint density at radius 3 is 2.35 bits per heavy atom. The van der Waals surface area contributed by atoms with E-state index in [0.29, 0.717) is 13.0 Å². The molecule has 2 aromatic carbocycles. The minimum absolute atomic E-state index is 0.0323. The molecule has 1 fully saturated rings. The predicted octanol–water partition coefficient (Wildman–Crippen LogP) is 3.13. The molecule has 2 aromatic rings. The molecule has 0 spiro atoms. The van der Waals surface area contributed by atoms with Gasteiger partial charge in [0.15, 0.2) is 0 Å². The van der Waals surface area contributed by atoms with Gasteiger partial charge < -0.3 is 4.79 Å². The third-order valence-corrected chi connectivity index (χ3v) is 3.60. The zero-order valence-electron chi connectivity index (χ0n) is 11.2. The van der Waals surface area contributed by atoms with E-state index < -0.39 is 0 Å². The smallest absolute Gasteiger partial charge is 0.139 e. The molecule has 1 saturated heterocycles. The Morgan fingerprint density at radius 1 is 1.05 bits per heavy atom. The van der Waals surface area contributed by atoms with Crippen molar-refractivity contribution in [2.24, 2.45) is 0 Å². The van der Waals surface area contributed by atoms with Crippen molar-refractivity contribution in [1.29, 1.82) is 0 Å². The molecule has 1 aliphatic rings. The number of hydrogen-bond donors (Lipinski definition) is 0. The van der Waals surface area contributed by atoms with Crippen LogP contribution in [0.3, 0.4) is 0 Å².